The minimum absolute atomic E-state index is 0.0396. The van der Waals surface area contributed by atoms with Crippen LogP contribution in [0.4, 0.5) is 4.39 Å². The van der Waals surface area contributed by atoms with Gasteiger partial charge in [-0.1, -0.05) is 18.3 Å². The molecule has 30 heavy (non-hydrogen) atoms. The van der Waals surface area contributed by atoms with E-state index in [4.69, 9.17) is 4.74 Å². The van der Waals surface area contributed by atoms with Crippen molar-refractivity contribution in [1.29, 1.82) is 0 Å². The van der Waals surface area contributed by atoms with Gasteiger partial charge in [-0.3, -0.25) is 14.4 Å². The fourth-order valence-electron chi connectivity index (χ4n) is 3.19. The number of aromatic nitrogens is 1. The van der Waals surface area contributed by atoms with Gasteiger partial charge in [0, 0.05) is 13.1 Å². The Morgan fingerprint density at radius 1 is 1.27 bits per heavy atom. The topological polar surface area (TPSA) is 81.0 Å². The predicted octanol–water partition coefficient (Wildman–Crippen LogP) is 2.43. The third-order valence-corrected chi connectivity index (χ3v) is 6.91. The zero-order valence-corrected chi connectivity index (χ0v) is 18.6. The van der Waals surface area contributed by atoms with Crippen LogP contribution in [0.1, 0.15) is 19.8 Å². The lowest BCUT2D eigenvalue weighted by molar-refractivity contribution is -0.141. The van der Waals surface area contributed by atoms with E-state index in [1.807, 2.05) is 4.90 Å². The van der Waals surface area contributed by atoms with Gasteiger partial charge in [0.1, 0.15) is 12.4 Å². The fraction of sp³-hybridized carbons (Fsp3) is 0.500. The summed E-state index contributed by atoms with van der Waals surface area (Å²) < 4.78 is 20.4. The Morgan fingerprint density at radius 2 is 2.00 bits per heavy atom. The zero-order valence-electron chi connectivity index (χ0n) is 16.9. The van der Waals surface area contributed by atoms with Gasteiger partial charge in [0.05, 0.1) is 28.8 Å². The van der Waals surface area contributed by atoms with E-state index in [1.54, 1.807) is 6.07 Å². The maximum absolute atomic E-state index is 13.6. The Bertz CT molecular complexity index is 1010. The van der Waals surface area contributed by atoms with E-state index < -0.39 is 17.7 Å². The first-order valence-corrected chi connectivity index (χ1v) is 11.6. The van der Waals surface area contributed by atoms with Gasteiger partial charge in [0.2, 0.25) is 5.91 Å². The van der Waals surface area contributed by atoms with Crippen LogP contribution >= 0.6 is 23.1 Å². The highest BCUT2D eigenvalue weighted by Gasteiger charge is 2.20. The second-order valence-corrected chi connectivity index (χ2v) is 9.22. The molecule has 10 heteroatoms. The molecule has 7 nitrogen and oxygen atoms in total. The number of rotatable bonds is 6. The molecule has 3 rings (SSSR count). The molecule has 2 aromatic rings. The molecule has 0 unspecified atom stereocenters. The molecule has 0 saturated carbocycles. The van der Waals surface area contributed by atoms with Crippen molar-refractivity contribution in [2.45, 2.75) is 26.3 Å². The number of likely N-dealkylation sites (tertiary alicyclic amines) is 1. The summed E-state index contributed by atoms with van der Waals surface area (Å²) in [6.45, 7) is 3.59. The minimum Gasteiger partial charge on any atom is -0.468 e. The Morgan fingerprint density at radius 3 is 2.70 bits per heavy atom. The van der Waals surface area contributed by atoms with Gasteiger partial charge in [-0.05, 0) is 37.0 Å². The van der Waals surface area contributed by atoms with E-state index in [1.165, 1.54) is 35.6 Å². The number of methoxy groups -OCH3 is 1. The molecular weight excluding hydrogens is 429 g/mol. The molecule has 1 fully saturated rings. The molecule has 0 spiro atoms. The number of benzene rings is 1. The molecule has 0 N–H and O–H groups in total. The van der Waals surface area contributed by atoms with E-state index in [0.29, 0.717) is 20.9 Å². The number of nitrogens with zero attached hydrogens (tertiary/aromatic N) is 3. The minimum atomic E-state index is -0.497. The summed E-state index contributed by atoms with van der Waals surface area (Å²) in [6, 6.07) is 4.17. The highest BCUT2D eigenvalue weighted by Crippen LogP contribution is 2.19. The molecule has 162 valence electrons. The maximum Gasteiger partial charge on any atom is 0.325 e. The van der Waals surface area contributed by atoms with Crippen LogP contribution in [0, 0.1) is 11.7 Å². The van der Waals surface area contributed by atoms with Crippen LogP contribution in [0.3, 0.4) is 0 Å². The van der Waals surface area contributed by atoms with E-state index in [2.05, 4.69) is 11.9 Å². The van der Waals surface area contributed by atoms with Gasteiger partial charge in [-0.2, -0.15) is 4.99 Å². The Hall–Kier alpha value is -2.20. The summed E-state index contributed by atoms with van der Waals surface area (Å²) in [7, 11) is 1.27. The molecule has 0 bridgehead atoms. The number of piperidine rings is 1. The van der Waals surface area contributed by atoms with Gasteiger partial charge in [0.25, 0.3) is 5.91 Å². The van der Waals surface area contributed by atoms with E-state index >= 15 is 0 Å². The van der Waals surface area contributed by atoms with Crippen LogP contribution in [-0.4, -0.2) is 59.0 Å². The van der Waals surface area contributed by atoms with Crippen molar-refractivity contribution in [3.63, 3.8) is 0 Å². The summed E-state index contributed by atoms with van der Waals surface area (Å²) in [5.41, 5.74) is 0.598. The summed E-state index contributed by atoms with van der Waals surface area (Å²) in [5, 5.41) is 0. The lowest BCUT2D eigenvalue weighted by Crippen LogP contribution is -2.39. The standard InChI is InChI=1S/C20H24FN3O4S2/c1-13-5-7-23(8-6-13)18(26)12-29-11-17(25)22-20-24(10-19(27)28-2)15-4-3-14(21)9-16(15)30-20/h3-4,9,13H,5-8,10-12H2,1-2H3. The van der Waals surface area contributed by atoms with Crippen molar-refractivity contribution in [2.24, 2.45) is 10.9 Å². The largest absolute Gasteiger partial charge is 0.468 e. The molecule has 1 aliphatic rings. The van der Waals surface area contributed by atoms with Crippen LogP contribution in [-0.2, 0) is 25.7 Å². The zero-order chi connectivity index (χ0) is 21.7. The third kappa shape index (κ3) is 5.69. The van der Waals surface area contributed by atoms with Gasteiger partial charge in [-0.15, -0.1) is 11.8 Å². The van der Waals surface area contributed by atoms with E-state index in [0.717, 1.165) is 37.3 Å². The highest BCUT2D eigenvalue weighted by molar-refractivity contribution is 8.00. The van der Waals surface area contributed by atoms with Crippen molar-refractivity contribution in [2.75, 3.05) is 31.7 Å². The summed E-state index contributed by atoms with van der Waals surface area (Å²) in [5.74, 6) is -0.347. The van der Waals surface area contributed by atoms with Crippen molar-refractivity contribution in [3.05, 3.63) is 28.8 Å². The average molecular weight is 454 g/mol. The fourth-order valence-corrected chi connectivity index (χ4v) is 4.96. The number of carbonyl (C=O) groups excluding carboxylic acids is 3. The van der Waals surface area contributed by atoms with Crippen molar-refractivity contribution in [1.82, 2.24) is 9.47 Å². The summed E-state index contributed by atoms with van der Waals surface area (Å²) in [4.78, 5) is 42.6. The molecular formula is C20H24FN3O4S2. The second-order valence-electron chi connectivity index (χ2n) is 7.22. The van der Waals surface area contributed by atoms with Gasteiger partial charge < -0.3 is 14.2 Å². The van der Waals surface area contributed by atoms with Crippen LogP contribution < -0.4 is 4.80 Å². The number of thioether (sulfide) groups is 1. The molecule has 2 amide bonds. The maximum atomic E-state index is 13.6. The molecule has 1 saturated heterocycles. The SMILES string of the molecule is COC(=O)Cn1c(=NC(=O)CSCC(=O)N2CCC(C)CC2)sc2cc(F)ccc21. The van der Waals surface area contributed by atoms with Crippen LogP contribution in [0.15, 0.2) is 23.2 Å². The van der Waals surface area contributed by atoms with Gasteiger partial charge >= 0.3 is 5.97 Å². The molecule has 0 radical (unpaired) electrons. The lowest BCUT2D eigenvalue weighted by atomic mass is 9.99. The van der Waals surface area contributed by atoms with Gasteiger partial charge in [-0.25, -0.2) is 4.39 Å². The molecule has 1 aliphatic heterocycles. The number of esters is 1. The third-order valence-electron chi connectivity index (χ3n) is 4.97. The number of ether oxygens (including phenoxy) is 1. The Labute approximate surface area is 181 Å². The summed E-state index contributed by atoms with van der Waals surface area (Å²) in [6.07, 6.45) is 2.02. The Balaban J connectivity index is 1.67. The molecule has 1 aromatic carbocycles. The molecule has 1 aromatic heterocycles. The number of hydrogen-bond acceptors (Lipinski definition) is 6. The predicted molar refractivity (Wildman–Crippen MR) is 115 cm³/mol. The van der Waals surface area contributed by atoms with Crippen molar-refractivity contribution in [3.8, 4) is 0 Å². The molecule has 0 aliphatic carbocycles. The van der Waals surface area contributed by atoms with Crippen LogP contribution in [0.5, 0.6) is 0 Å². The first-order valence-electron chi connectivity index (χ1n) is 9.66. The monoisotopic (exact) mass is 453 g/mol. The number of carbonyl (C=O) groups is 3. The highest BCUT2D eigenvalue weighted by atomic mass is 32.2. The van der Waals surface area contributed by atoms with E-state index in [-0.39, 0.29) is 24.0 Å². The number of amides is 2. The normalized spacial score (nSPS) is 15.6. The quantitative estimate of drug-likeness (QED) is 0.628. The van der Waals surface area contributed by atoms with Crippen LogP contribution in [0.25, 0.3) is 10.2 Å². The first-order chi connectivity index (χ1) is 14.4. The number of thiazole rings is 1. The van der Waals surface area contributed by atoms with Gasteiger partial charge in [0.15, 0.2) is 4.80 Å². The van der Waals surface area contributed by atoms with Crippen LogP contribution in [0.2, 0.25) is 0 Å². The van der Waals surface area contributed by atoms with Crippen molar-refractivity contribution < 1.29 is 23.5 Å². The average Bonchev–Trinajstić information content (AvgIpc) is 3.04. The van der Waals surface area contributed by atoms with E-state index in [9.17, 15) is 18.8 Å². The number of hydrogen-bond donors (Lipinski definition) is 0. The number of halogens is 1. The first kappa shape index (κ1) is 22.5. The smallest absolute Gasteiger partial charge is 0.325 e. The molecule has 2 heterocycles. The second kappa shape index (κ2) is 10.2. The summed E-state index contributed by atoms with van der Waals surface area (Å²) >= 11 is 2.35. The van der Waals surface area contributed by atoms with Crippen molar-refractivity contribution >= 4 is 51.1 Å². The Kier molecular flexibility index (Phi) is 7.65. The lowest BCUT2D eigenvalue weighted by Gasteiger charge is -2.30. The number of fused-ring (bicyclic) bond motifs is 1. The molecule has 0 atom stereocenters.